The second-order valence-corrected chi connectivity index (χ2v) is 7.90. The van der Waals surface area contributed by atoms with Crippen molar-refractivity contribution in [3.05, 3.63) is 23.8 Å². The van der Waals surface area contributed by atoms with Crippen LogP contribution in [0, 0.1) is 0 Å². The van der Waals surface area contributed by atoms with Gasteiger partial charge in [0.25, 0.3) is 0 Å². The average Bonchev–Trinajstić information content (AvgIpc) is 2.81. The van der Waals surface area contributed by atoms with Crippen molar-refractivity contribution >= 4 is 34.9 Å². The number of carboxylic acids is 1. The standard InChI is InChI=1S/C18H23N3O6/c1-17(2,3)26-15(24)19-13-11-9-10(14(22)23)7-8-12(11)21(20-13)16(25)27-18(4,5)6/h7-9H,1-6H3,(H,22,23)(H,19,20,24). The van der Waals surface area contributed by atoms with Crippen molar-refractivity contribution in [1.29, 1.82) is 0 Å². The van der Waals surface area contributed by atoms with Crippen LogP contribution in [0.4, 0.5) is 15.4 Å². The van der Waals surface area contributed by atoms with E-state index in [1.165, 1.54) is 18.2 Å². The van der Waals surface area contributed by atoms with Crippen molar-refractivity contribution in [2.45, 2.75) is 52.7 Å². The van der Waals surface area contributed by atoms with Gasteiger partial charge in [-0.1, -0.05) is 0 Å². The number of carbonyl (C=O) groups is 3. The lowest BCUT2D eigenvalue weighted by Gasteiger charge is -2.19. The smallest absolute Gasteiger partial charge is 0.435 e. The molecule has 1 aromatic carbocycles. The average molecular weight is 377 g/mol. The minimum Gasteiger partial charge on any atom is -0.478 e. The van der Waals surface area contributed by atoms with Gasteiger partial charge in [0.1, 0.15) is 11.2 Å². The molecule has 0 aliphatic carbocycles. The zero-order valence-electron chi connectivity index (χ0n) is 16.1. The van der Waals surface area contributed by atoms with E-state index in [-0.39, 0.29) is 16.8 Å². The second kappa shape index (κ2) is 6.90. The van der Waals surface area contributed by atoms with Crippen LogP contribution in [0.15, 0.2) is 18.2 Å². The number of fused-ring (bicyclic) bond motifs is 1. The Morgan fingerprint density at radius 2 is 1.63 bits per heavy atom. The van der Waals surface area contributed by atoms with Crippen molar-refractivity contribution in [3.63, 3.8) is 0 Å². The summed E-state index contributed by atoms with van der Waals surface area (Å²) in [5.74, 6) is -1.15. The van der Waals surface area contributed by atoms with Gasteiger partial charge in [0, 0.05) is 5.39 Å². The highest BCUT2D eigenvalue weighted by Crippen LogP contribution is 2.26. The summed E-state index contributed by atoms with van der Waals surface area (Å²) in [5.41, 5.74) is -1.21. The normalized spacial score (nSPS) is 11.9. The predicted molar refractivity (Wildman–Crippen MR) is 98.2 cm³/mol. The van der Waals surface area contributed by atoms with Crippen molar-refractivity contribution in [1.82, 2.24) is 9.78 Å². The SMILES string of the molecule is CC(C)(C)OC(=O)Nc1nn(C(=O)OC(C)(C)C)c2ccc(C(=O)O)cc12. The van der Waals surface area contributed by atoms with Crippen LogP contribution in [0.2, 0.25) is 0 Å². The molecular weight excluding hydrogens is 354 g/mol. The van der Waals surface area contributed by atoms with E-state index in [1.54, 1.807) is 41.5 Å². The Hall–Kier alpha value is -3.10. The molecule has 0 unspecified atom stereocenters. The largest absolute Gasteiger partial charge is 0.478 e. The summed E-state index contributed by atoms with van der Waals surface area (Å²) in [7, 11) is 0. The molecule has 0 aliphatic heterocycles. The van der Waals surface area contributed by atoms with E-state index in [9.17, 15) is 19.5 Å². The fourth-order valence-corrected chi connectivity index (χ4v) is 2.19. The van der Waals surface area contributed by atoms with Gasteiger partial charge in [0.2, 0.25) is 0 Å². The summed E-state index contributed by atoms with van der Waals surface area (Å²) >= 11 is 0. The lowest BCUT2D eigenvalue weighted by Crippen LogP contribution is -2.28. The van der Waals surface area contributed by atoms with Crippen LogP contribution < -0.4 is 5.32 Å². The third-order valence-corrected chi connectivity index (χ3v) is 3.11. The first kappa shape index (κ1) is 20.2. The van der Waals surface area contributed by atoms with E-state index in [1.807, 2.05) is 0 Å². The van der Waals surface area contributed by atoms with E-state index in [4.69, 9.17) is 9.47 Å². The molecule has 27 heavy (non-hydrogen) atoms. The third kappa shape index (κ3) is 5.19. The molecule has 146 valence electrons. The lowest BCUT2D eigenvalue weighted by atomic mass is 10.1. The first-order valence-corrected chi connectivity index (χ1v) is 8.26. The van der Waals surface area contributed by atoms with Crippen LogP contribution in [0.25, 0.3) is 10.9 Å². The minimum atomic E-state index is -1.15. The van der Waals surface area contributed by atoms with E-state index >= 15 is 0 Å². The number of anilines is 1. The summed E-state index contributed by atoms with van der Waals surface area (Å²) in [6.45, 7) is 10.2. The van der Waals surface area contributed by atoms with Crippen molar-refractivity contribution < 1.29 is 29.0 Å². The highest BCUT2D eigenvalue weighted by Gasteiger charge is 2.24. The Balaban J connectivity index is 2.51. The van der Waals surface area contributed by atoms with E-state index in [2.05, 4.69) is 10.4 Å². The number of hydrogen-bond acceptors (Lipinski definition) is 6. The highest BCUT2D eigenvalue weighted by molar-refractivity contribution is 6.03. The fourth-order valence-electron chi connectivity index (χ4n) is 2.19. The number of rotatable bonds is 2. The molecule has 0 aliphatic rings. The van der Waals surface area contributed by atoms with Gasteiger partial charge in [0.05, 0.1) is 11.1 Å². The highest BCUT2D eigenvalue weighted by atomic mass is 16.6. The van der Waals surface area contributed by atoms with Crippen LogP contribution in [0.5, 0.6) is 0 Å². The maximum atomic E-state index is 12.4. The number of carbonyl (C=O) groups excluding carboxylic acids is 2. The van der Waals surface area contributed by atoms with Gasteiger partial charge in [-0.25, -0.2) is 14.4 Å². The molecule has 9 nitrogen and oxygen atoms in total. The number of ether oxygens (including phenoxy) is 2. The number of hydrogen-bond donors (Lipinski definition) is 2. The molecule has 1 aromatic heterocycles. The quantitative estimate of drug-likeness (QED) is 0.815. The number of nitrogens with zero attached hydrogens (tertiary/aromatic N) is 2. The van der Waals surface area contributed by atoms with Gasteiger partial charge in [-0.05, 0) is 59.7 Å². The summed E-state index contributed by atoms with van der Waals surface area (Å²) in [4.78, 5) is 35.8. The van der Waals surface area contributed by atoms with Crippen LogP contribution in [-0.2, 0) is 9.47 Å². The minimum absolute atomic E-state index is 0.00629. The molecular formula is C18H23N3O6. The van der Waals surface area contributed by atoms with Gasteiger partial charge < -0.3 is 14.6 Å². The summed E-state index contributed by atoms with van der Waals surface area (Å²) in [6.07, 6.45) is -1.54. The van der Waals surface area contributed by atoms with Crippen LogP contribution in [0.1, 0.15) is 51.9 Å². The summed E-state index contributed by atoms with van der Waals surface area (Å²) < 4.78 is 11.5. The maximum absolute atomic E-state index is 12.4. The number of nitrogens with one attached hydrogen (secondary N) is 1. The fraction of sp³-hybridized carbons (Fsp3) is 0.444. The van der Waals surface area contributed by atoms with E-state index < -0.39 is 29.4 Å². The van der Waals surface area contributed by atoms with Gasteiger partial charge in [-0.15, -0.1) is 5.10 Å². The van der Waals surface area contributed by atoms with Crippen LogP contribution in [0.3, 0.4) is 0 Å². The van der Waals surface area contributed by atoms with Crippen molar-refractivity contribution in [2.75, 3.05) is 5.32 Å². The molecule has 2 rings (SSSR count). The molecule has 0 atom stereocenters. The number of aromatic carboxylic acids is 1. The van der Waals surface area contributed by atoms with Gasteiger partial charge in [-0.3, -0.25) is 5.32 Å². The first-order valence-electron chi connectivity index (χ1n) is 8.26. The Morgan fingerprint density at radius 1 is 1.04 bits per heavy atom. The molecule has 0 bridgehead atoms. The molecule has 1 heterocycles. The Bertz CT molecular complexity index is 902. The van der Waals surface area contributed by atoms with Crippen molar-refractivity contribution in [3.8, 4) is 0 Å². The van der Waals surface area contributed by atoms with Gasteiger partial charge >= 0.3 is 18.2 Å². The van der Waals surface area contributed by atoms with Crippen LogP contribution >= 0.6 is 0 Å². The second-order valence-electron chi connectivity index (χ2n) is 7.90. The predicted octanol–water partition coefficient (Wildman–Crippen LogP) is 3.86. The summed E-state index contributed by atoms with van der Waals surface area (Å²) in [6, 6.07) is 4.08. The lowest BCUT2D eigenvalue weighted by molar-refractivity contribution is 0.0519. The van der Waals surface area contributed by atoms with Gasteiger partial charge in [0.15, 0.2) is 5.82 Å². The Labute approximate surface area is 156 Å². The maximum Gasteiger partial charge on any atom is 0.435 e. The molecule has 9 heteroatoms. The van der Waals surface area contributed by atoms with Crippen molar-refractivity contribution in [2.24, 2.45) is 0 Å². The molecule has 2 aromatic rings. The zero-order valence-corrected chi connectivity index (χ0v) is 16.1. The molecule has 1 amide bonds. The topological polar surface area (TPSA) is 120 Å². The number of aromatic nitrogens is 2. The Kier molecular flexibility index (Phi) is 5.17. The van der Waals surface area contributed by atoms with Crippen LogP contribution in [-0.4, -0.2) is 44.2 Å². The summed E-state index contributed by atoms with van der Waals surface area (Å²) in [5, 5.41) is 16.0. The molecule has 0 radical (unpaired) electrons. The number of benzene rings is 1. The molecule has 0 saturated heterocycles. The first-order chi connectivity index (χ1) is 12.3. The number of amides is 1. The Morgan fingerprint density at radius 3 is 2.15 bits per heavy atom. The molecule has 2 N–H and O–H groups in total. The zero-order chi connectivity index (χ0) is 20.6. The third-order valence-electron chi connectivity index (χ3n) is 3.11. The van der Waals surface area contributed by atoms with E-state index in [0.29, 0.717) is 5.52 Å². The molecule has 0 saturated carbocycles. The van der Waals surface area contributed by atoms with Gasteiger partial charge in [-0.2, -0.15) is 4.68 Å². The number of carboxylic acid groups (broad SMARTS) is 1. The molecule has 0 spiro atoms. The molecule has 0 fully saturated rings. The van der Waals surface area contributed by atoms with E-state index in [0.717, 1.165) is 4.68 Å². The monoisotopic (exact) mass is 377 g/mol.